The zero-order valence-corrected chi connectivity index (χ0v) is 13.4. The van der Waals surface area contributed by atoms with E-state index in [9.17, 15) is 9.50 Å². The van der Waals surface area contributed by atoms with E-state index in [4.69, 9.17) is 0 Å². The molecule has 126 valence electrons. The fourth-order valence-electron chi connectivity index (χ4n) is 3.02. The van der Waals surface area contributed by atoms with Gasteiger partial charge in [0.1, 0.15) is 17.7 Å². The molecule has 2 aromatic carbocycles. The minimum atomic E-state index is -0.485. The highest BCUT2D eigenvalue weighted by molar-refractivity contribution is 6.03. The predicted molar refractivity (Wildman–Crippen MR) is 95.0 cm³/mol. The number of hydrogen-bond acceptors (Lipinski definition) is 3. The van der Waals surface area contributed by atoms with Crippen LogP contribution in [0.2, 0.25) is 0 Å². The molecule has 0 saturated heterocycles. The molecular formula is C19H17FN4O. The number of anilines is 1. The van der Waals surface area contributed by atoms with Gasteiger partial charge in [-0.05, 0) is 34.9 Å². The van der Waals surface area contributed by atoms with Gasteiger partial charge in [-0.1, -0.05) is 24.3 Å². The number of fused-ring (bicyclic) bond motifs is 1. The summed E-state index contributed by atoms with van der Waals surface area (Å²) < 4.78 is 13.4. The van der Waals surface area contributed by atoms with Crippen LogP contribution in [0.3, 0.4) is 0 Å². The number of aromatic amines is 1. The van der Waals surface area contributed by atoms with Gasteiger partial charge >= 0.3 is 0 Å². The largest absolute Gasteiger partial charge is 0.394 e. The van der Waals surface area contributed by atoms with E-state index in [-0.39, 0.29) is 12.4 Å². The van der Waals surface area contributed by atoms with E-state index >= 15 is 0 Å². The number of rotatable bonds is 4. The highest BCUT2D eigenvalue weighted by Crippen LogP contribution is 2.30. The third-order valence-electron chi connectivity index (χ3n) is 4.30. The fourth-order valence-corrected chi connectivity index (χ4v) is 3.02. The van der Waals surface area contributed by atoms with Crippen LogP contribution in [0.15, 0.2) is 59.9 Å². The van der Waals surface area contributed by atoms with Crippen LogP contribution in [0.1, 0.15) is 17.2 Å². The molecule has 3 aromatic rings. The van der Waals surface area contributed by atoms with Gasteiger partial charge in [0.25, 0.3) is 0 Å². The first-order chi connectivity index (χ1) is 12.2. The number of aliphatic imine (C=N–C) groups is 1. The molecule has 6 heteroatoms. The van der Waals surface area contributed by atoms with Crippen molar-refractivity contribution in [3.8, 4) is 11.1 Å². The Hall–Kier alpha value is -2.99. The van der Waals surface area contributed by atoms with E-state index in [1.54, 1.807) is 18.3 Å². The second-order valence-corrected chi connectivity index (χ2v) is 5.99. The van der Waals surface area contributed by atoms with Gasteiger partial charge in [0.15, 0.2) is 0 Å². The van der Waals surface area contributed by atoms with Gasteiger partial charge in [0, 0.05) is 23.9 Å². The van der Waals surface area contributed by atoms with Gasteiger partial charge in [-0.15, -0.1) is 0 Å². The molecule has 2 heterocycles. The molecule has 1 aliphatic rings. The van der Waals surface area contributed by atoms with Crippen molar-refractivity contribution in [3.05, 3.63) is 71.8 Å². The van der Waals surface area contributed by atoms with Crippen molar-refractivity contribution < 1.29 is 9.50 Å². The summed E-state index contributed by atoms with van der Waals surface area (Å²) >= 11 is 0. The zero-order chi connectivity index (χ0) is 17.2. The molecule has 0 spiro atoms. The Labute approximate surface area is 144 Å². The van der Waals surface area contributed by atoms with E-state index in [0.29, 0.717) is 12.0 Å². The molecule has 25 heavy (non-hydrogen) atoms. The van der Waals surface area contributed by atoms with Gasteiger partial charge in [-0.25, -0.2) is 4.39 Å². The summed E-state index contributed by atoms with van der Waals surface area (Å²) in [5.74, 6) is 0.436. The Bertz CT molecular complexity index is 921. The van der Waals surface area contributed by atoms with Crippen LogP contribution in [0, 0.1) is 5.82 Å². The SMILES string of the molecule is OCC(N=C1Cc2ccc(-c3cn[nH]c3)cc2N1)c1cccc(F)c1. The first-order valence-electron chi connectivity index (χ1n) is 8.05. The summed E-state index contributed by atoms with van der Waals surface area (Å²) in [7, 11) is 0. The first-order valence-corrected chi connectivity index (χ1v) is 8.05. The number of nitrogens with one attached hydrogen (secondary N) is 2. The Morgan fingerprint density at radius 1 is 1.20 bits per heavy atom. The maximum atomic E-state index is 13.4. The minimum absolute atomic E-state index is 0.175. The highest BCUT2D eigenvalue weighted by atomic mass is 19.1. The number of benzene rings is 2. The van der Waals surface area contributed by atoms with Crippen molar-refractivity contribution in [3.63, 3.8) is 0 Å². The summed E-state index contributed by atoms with van der Waals surface area (Å²) in [5.41, 5.74) is 4.87. The van der Waals surface area contributed by atoms with Crippen molar-refractivity contribution in [2.24, 2.45) is 4.99 Å². The third kappa shape index (κ3) is 3.16. The average molecular weight is 336 g/mol. The van der Waals surface area contributed by atoms with Crippen LogP contribution in [0.25, 0.3) is 11.1 Å². The number of aromatic nitrogens is 2. The molecule has 0 bridgehead atoms. The molecule has 0 saturated carbocycles. The number of nitrogens with zero attached hydrogens (tertiary/aromatic N) is 2. The second-order valence-electron chi connectivity index (χ2n) is 5.99. The maximum Gasteiger partial charge on any atom is 0.123 e. The average Bonchev–Trinajstić information content (AvgIpc) is 3.28. The lowest BCUT2D eigenvalue weighted by molar-refractivity contribution is 0.268. The predicted octanol–water partition coefficient (Wildman–Crippen LogP) is 3.32. The molecule has 0 aliphatic carbocycles. The first kappa shape index (κ1) is 15.5. The van der Waals surface area contributed by atoms with Gasteiger partial charge < -0.3 is 10.4 Å². The summed E-state index contributed by atoms with van der Waals surface area (Å²) in [6.07, 6.45) is 4.28. The second kappa shape index (κ2) is 6.49. The lowest BCUT2D eigenvalue weighted by Crippen LogP contribution is -2.11. The molecule has 4 rings (SSSR count). The molecule has 0 amide bonds. The van der Waals surface area contributed by atoms with Crippen LogP contribution in [-0.4, -0.2) is 27.7 Å². The van der Waals surface area contributed by atoms with Gasteiger partial charge in [-0.2, -0.15) is 5.10 Å². The minimum Gasteiger partial charge on any atom is -0.394 e. The van der Waals surface area contributed by atoms with Crippen molar-refractivity contribution in [1.29, 1.82) is 0 Å². The van der Waals surface area contributed by atoms with Crippen molar-refractivity contribution in [2.45, 2.75) is 12.5 Å². The van der Waals surface area contributed by atoms with E-state index in [1.807, 2.05) is 12.3 Å². The van der Waals surface area contributed by atoms with Crippen molar-refractivity contribution >= 4 is 11.5 Å². The third-order valence-corrected chi connectivity index (χ3v) is 4.30. The Balaban J connectivity index is 1.59. The van der Waals surface area contributed by atoms with Crippen molar-refractivity contribution in [2.75, 3.05) is 11.9 Å². The molecule has 1 unspecified atom stereocenters. The maximum absolute atomic E-state index is 13.4. The topological polar surface area (TPSA) is 73.3 Å². The van der Waals surface area contributed by atoms with Crippen LogP contribution in [-0.2, 0) is 6.42 Å². The van der Waals surface area contributed by atoms with E-state index < -0.39 is 6.04 Å². The van der Waals surface area contributed by atoms with Crippen LogP contribution in [0.5, 0.6) is 0 Å². The quantitative estimate of drug-likeness (QED) is 0.684. The van der Waals surface area contributed by atoms with Gasteiger partial charge in [0.05, 0.1) is 12.8 Å². The van der Waals surface area contributed by atoms with Gasteiger partial charge in [0.2, 0.25) is 0 Å². The molecule has 3 N–H and O–H groups in total. The van der Waals surface area contributed by atoms with Crippen LogP contribution < -0.4 is 5.32 Å². The number of halogens is 1. The normalized spacial score (nSPS) is 15.8. The van der Waals surface area contributed by atoms with Crippen LogP contribution in [0.4, 0.5) is 10.1 Å². The van der Waals surface area contributed by atoms with Crippen LogP contribution >= 0.6 is 0 Å². The number of hydrogen-bond donors (Lipinski definition) is 3. The van der Waals surface area contributed by atoms with E-state index in [2.05, 4.69) is 32.6 Å². The summed E-state index contributed by atoms with van der Waals surface area (Å²) in [4.78, 5) is 4.58. The molecule has 1 atom stereocenters. The molecule has 0 fully saturated rings. The molecule has 1 aromatic heterocycles. The summed E-state index contributed by atoms with van der Waals surface area (Å²) in [5, 5.41) is 19.7. The van der Waals surface area contributed by atoms with Crippen molar-refractivity contribution in [1.82, 2.24) is 10.2 Å². The van der Waals surface area contributed by atoms with E-state index in [1.165, 1.54) is 12.1 Å². The molecular weight excluding hydrogens is 319 g/mol. The van der Waals surface area contributed by atoms with E-state index in [0.717, 1.165) is 28.2 Å². The summed E-state index contributed by atoms with van der Waals surface area (Å²) in [6, 6.07) is 11.9. The lowest BCUT2D eigenvalue weighted by Gasteiger charge is -2.11. The highest BCUT2D eigenvalue weighted by Gasteiger charge is 2.19. The fraction of sp³-hybridized carbons (Fsp3) is 0.158. The molecule has 0 radical (unpaired) electrons. The number of amidine groups is 1. The van der Waals surface area contributed by atoms with Gasteiger partial charge in [-0.3, -0.25) is 10.1 Å². The number of aliphatic hydroxyl groups excluding tert-OH is 1. The monoisotopic (exact) mass is 336 g/mol. The Morgan fingerprint density at radius 2 is 2.12 bits per heavy atom. The zero-order valence-electron chi connectivity index (χ0n) is 13.4. The Kier molecular flexibility index (Phi) is 4.03. The summed E-state index contributed by atoms with van der Waals surface area (Å²) in [6.45, 7) is -0.175. The lowest BCUT2D eigenvalue weighted by atomic mass is 10.1. The Morgan fingerprint density at radius 3 is 2.88 bits per heavy atom. The number of H-pyrrole nitrogens is 1. The standard InChI is InChI=1S/C19H17FN4O/c20-16-3-1-2-13(6-16)18(11-25)24-19-8-14-5-4-12(7-17(14)23-19)15-9-21-22-10-15/h1-7,9-10,18,25H,8,11H2,(H,21,22)(H,23,24). The number of aliphatic hydroxyl groups is 1. The smallest absolute Gasteiger partial charge is 0.123 e. The molecule has 5 nitrogen and oxygen atoms in total. The molecule has 1 aliphatic heterocycles.